The van der Waals surface area contributed by atoms with E-state index in [0.29, 0.717) is 36.2 Å². The van der Waals surface area contributed by atoms with Crippen LogP contribution in [-0.4, -0.2) is 30.1 Å². The van der Waals surface area contributed by atoms with Gasteiger partial charge in [0, 0.05) is 35.5 Å². The molecule has 0 aliphatic rings. The molecular weight excluding hydrogens is 330 g/mol. The second kappa shape index (κ2) is 8.49. The number of carbonyl (C=O) groups excluding carboxylic acids is 2. The number of hydrogen-bond acceptors (Lipinski definition) is 4. The monoisotopic (exact) mass is 355 g/mol. The van der Waals surface area contributed by atoms with Gasteiger partial charge in [-0.25, -0.2) is 0 Å². The highest BCUT2D eigenvalue weighted by atomic mass is 16.3. The summed E-state index contributed by atoms with van der Waals surface area (Å²) in [6.45, 7) is 4.19. The summed E-state index contributed by atoms with van der Waals surface area (Å²) >= 11 is 0. The summed E-state index contributed by atoms with van der Waals surface area (Å²) in [5.74, 6) is -0.700. The number of amides is 2. The maximum absolute atomic E-state index is 12.4. The van der Waals surface area contributed by atoms with Gasteiger partial charge in [-0.15, -0.1) is 0 Å². The van der Waals surface area contributed by atoms with Crippen LogP contribution in [0.4, 0.5) is 5.69 Å². The number of benzene rings is 2. The molecule has 0 bridgehead atoms. The maximum atomic E-state index is 12.4. The third kappa shape index (κ3) is 4.03. The van der Waals surface area contributed by atoms with Gasteiger partial charge in [-0.3, -0.25) is 9.59 Å². The van der Waals surface area contributed by atoms with E-state index in [1.54, 1.807) is 18.2 Å². The molecule has 0 spiro atoms. The third-order valence-corrected chi connectivity index (χ3v) is 4.39. The Labute approximate surface area is 153 Å². The normalized spacial score (nSPS) is 10.6. The molecule has 0 saturated carbocycles. The molecule has 26 heavy (non-hydrogen) atoms. The van der Waals surface area contributed by atoms with Crippen LogP contribution >= 0.6 is 0 Å². The molecule has 2 amide bonds. The Bertz CT molecular complexity index is 831. The fourth-order valence-corrected chi connectivity index (χ4v) is 2.94. The smallest absolute Gasteiger partial charge is 0.251 e. The number of anilines is 1. The molecule has 0 unspecified atom stereocenters. The van der Waals surface area contributed by atoms with Gasteiger partial charge in [-0.05, 0) is 48.6 Å². The van der Waals surface area contributed by atoms with E-state index in [2.05, 4.69) is 5.32 Å². The Morgan fingerprint density at radius 3 is 2.50 bits per heavy atom. The Morgan fingerprint density at radius 2 is 1.88 bits per heavy atom. The van der Waals surface area contributed by atoms with E-state index >= 15 is 0 Å². The highest BCUT2D eigenvalue weighted by Crippen LogP contribution is 2.32. The molecule has 2 aromatic carbocycles. The zero-order valence-corrected chi connectivity index (χ0v) is 15.1. The number of rotatable bonds is 7. The quantitative estimate of drug-likeness (QED) is 0.449. The number of carbonyl (C=O) groups is 2. The SMILES string of the molecule is CCc1c(C(=O)NCCCO)ccc(-c2ccc(C)c(C(N)=O)c2)c1N. The van der Waals surface area contributed by atoms with Gasteiger partial charge in [-0.2, -0.15) is 0 Å². The first-order valence-electron chi connectivity index (χ1n) is 8.61. The predicted octanol–water partition coefficient (Wildman–Crippen LogP) is 2.02. The van der Waals surface area contributed by atoms with Crippen molar-refractivity contribution < 1.29 is 14.7 Å². The summed E-state index contributed by atoms with van der Waals surface area (Å²) in [6, 6.07) is 8.96. The largest absolute Gasteiger partial charge is 0.398 e. The van der Waals surface area contributed by atoms with E-state index in [4.69, 9.17) is 16.6 Å². The molecular formula is C20H25N3O3. The van der Waals surface area contributed by atoms with E-state index in [-0.39, 0.29) is 12.5 Å². The molecule has 2 rings (SSSR count). The standard InChI is InChI=1S/C20H25N3O3/c1-3-14-16(20(26)23-9-4-10-24)8-7-15(18(14)21)13-6-5-12(2)17(11-13)19(22)25/h5-8,11,24H,3-4,9-10,21H2,1-2H3,(H2,22,25)(H,23,26). The molecule has 0 aromatic heterocycles. The van der Waals surface area contributed by atoms with Crippen molar-refractivity contribution in [2.24, 2.45) is 5.73 Å². The van der Waals surface area contributed by atoms with Gasteiger partial charge >= 0.3 is 0 Å². The van der Waals surface area contributed by atoms with Gasteiger partial charge in [0.2, 0.25) is 5.91 Å². The highest BCUT2D eigenvalue weighted by molar-refractivity contribution is 6.00. The second-order valence-corrected chi connectivity index (χ2v) is 6.13. The van der Waals surface area contributed by atoms with Crippen molar-refractivity contribution in [3.63, 3.8) is 0 Å². The van der Waals surface area contributed by atoms with E-state index < -0.39 is 5.91 Å². The van der Waals surface area contributed by atoms with Gasteiger partial charge in [0.15, 0.2) is 0 Å². The number of aryl methyl sites for hydroxylation is 1. The third-order valence-electron chi connectivity index (χ3n) is 4.39. The minimum atomic E-state index is -0.487. The molecule has 0 aliphatic heterocycles. The average molecular weight is 355 g/mol. The lowest BCUT2D eigenvalue weighted by Gasteiger charge is -2.16. The van der Waals surface area contributed by atoms with Crippen molar-refractivity contribution >= 4 is 17.5 Å². The van der Waals surface area contributed by atoms with Crippen LogP contribution in [0.2, 0.25) is 0 Å². The minimum absolute atomic E-state index is 0.0254. The fraction of sp³-hybridized carbons (Fsp3) is 0.300. The molecule has 0 atom stereocenters. The lowest BCUT2D eigenvalue weighted by atomic mass is 9.92. The second-order valence-electron chi connectivity index (χ2n) is 6.13. The minimum Gasteiger partial charge on any atom is -0.398 e. The molecule has 6 heteroatoms. The van der Waals surface area contributed by atoms with Crippen molar-refractivity contribution in [1.82, 2.24) is 5.32 Å². The van der Waals surface area contributed by atoms with Crippen molar-refractivity contribution in [2.75, 3.05) is 18.9 Å². The van der Waals surface area contributed by atoms with Crippen LogP contribution in [0.3, 0.4) is 0 Å². The maximum Gasteiger partial charge on any atom is 0.251 e. The summed E-state index contributed by atoms with van der Waals surface area (Å²) in [5, 5.41) is 11.6. The first-order chi connectivity index (χ1) is 12.4. The molecule has 6 nitrogen and oxygen atoms in total. The zero-order valence-electron chi connectivity index (χ0n) is 15.1. The molecule has 0 fully saturated rings. The molecule has 0 aliphatic carbocycles. The van der Waals surface area contributed by atoms with Gasteiger partial charge in [-0.1, -0.05) is 25.1 Å². The molecule has 2 aromatic rings. The number of hydrogen-bond donors (Lipinski definition) is 4. The molecule has 6 N–H and O–H groups in total. The number of aliphatic hydroxyl groups excluding tert-OH is 1. The highest BCUT2D eigenvalue weighted by Gasteiger charge is 2.17. The lowest BCUT2D eigenvalue weighted by molar-refractivity contribution is 0.0949. The van der Waals surface area contributed by atoms with Crippen molar-refractivity contribution in [3.05, 3.63) is 52.6 Å². The molecule has 138 valence electrons. The zero-order chi connectivity index (χ0) is 19.3. The fourth-order valence-electron chi connectivity index (χ4n) is 2.94. The van der Waals surface area contributed by atoms with Crippen LogP contribution in [0.1, 0.15) is 45.2 Å². The summed E-state index contributed by atoms with van der Waals surface area (Å²) in [5.41, 5.74) is 16.4. The van der Waals surface area contributed by atoms with Crippen LogP contribution in [0, 0.1) is 6.92 Å². The number of nitrogens with one attached hydrogen (secondary N) is 1. The van der Waals surface area contributed by atoms with Crippen LogP contribution in [-0.2, 0) is 6.42 Å². The van der Waals surface area contributed by atoms with Crippen LogP contribution in [0.15, 0.2) is 30.3 Å². The number of primary amides is 1. The van der Waals surface area contributed by atoms with Crippen molar-refractivity contribution in [3.8, 4) is 11.1 Å². The average Bonchev–Trinajstić information content (AvgIpc) is 2.62. The summed E-state index contributed by atoms with van der Waals surface area (Å²) in [4.78, 5) is 24.0. The first kappa shape index (κ1) is 19.5. The van der Waals surface area contributed by atoms with Crippen LogP contribution in [0.5, 0.6) is 0 Å². The number of nitrogens with two attached hydrogens (primary N) is 2. The molecule has 0 saturated heterocycles. The Kier molecular flexibility index (Phi) is 6.36. The Balaban J connectivity index is 2.45. The summed E-state index contributed by atoms with van der Waals surface area (Å²) in [7, 11) is 0. The van der Waals surface area contributed by atoms with Crippen LogP contribution < -0.4 is 16.8 Å². The van der Waals surface area contributed by atoms with Gasteiger partial charge in [0.1, 0.15) is 0 Å². The van der Waals surface area contributed by atoms with Gasteiger partial charge in [0.25, 0.3) is 5.91 Å². The Hall–Kier alpha value is -2.86. The van der Waals surface area contributed by atoms with Crippen molar-refractivity contribution in [1.29, 1.82) is 0 Å². The number of nitrogen functional groups attached to an aromatic ring is 1. The van der Waals surface area contributed by atoms with Gasteiger partial charge in [0.05, 0.1) is 0 Å². The first-order valence-corrected chi connectivity index (χ1v) is 8.61. The van der Waals surface area contributed by atoms with E-state index in [0.717, 1.165) is 22.3 Å². The predicted molar refractivity (Wildman–Crippen MR) is 103 cm³/mol. The summed E-state index contributed by atoms with van der Waals surface area (Å²) in [6.07, 6.45) is 1.09. The summed E-state index contributed by atoms with van der Waals surface area (Å²) < 4.78 is 0. The van der Waals surface area contributed by atoms with E-state index in [9.17, 15) is 9.59 Å². The van der Waals surface area contributed by atoms with E-state index in [1.807, 2.05) is 26.0 Å². The van der Waals surface area contributed by atoms with Crippen molar-refractivity contribution in [2.45, 2.75) is 26.7 Å². The van der Waals surface area contributed by atoms with Crippen LogP contribution in [0.25, 0.3) is 11.1 Å². The number of aliphatic hydroxyl groups is 1. The van der Waals surface area contributed by atoms with E-state index in [1.165, 1.54) is 0 Å². The lowest BCUT2D eigenvalue weighted by Crippen LogP contribution is -2.26. The molecule has 0 radical (unpaired) electrons. The molecule has 0 heterocycles. The topological polar surface area (TPSA) is 118 Å². The Morgan fingerprint density at radius 1 is 1.15 bits per heavy atom. The van der Waals surface area contributed by atoms with Gasteiger partial charge < -0.3 is 21.9 Å².